The summed E-state index contributed by atoms with van der Waals surface area (Å²) in [6.07, 6.45) is 0. The molecule has 0 aliphatic carbocycles. The van der Waals surface area contributed by atoms with E-state index in [4.69, 9.17) is 17.3 Å². The molecule has 0 fully saturated rings. The van der Waals surface area contributed by atoms with Gasteiger partial charge < -0.3 is 5.73 Å². The number of rotatable bonds is 3. The maximum absolute atomic E-state index is 13.5. The number of benzene rings is 2. The van der Waals surface area contributed by atoms with Crippen molar-refractivity contribution in [2.75, 3.05) is 10.5 Å². The first kappa shape index (κ1) is 16.1. The fraction of sp³-hybridized carbons (Fsp3) is 0.0769. The van der Waals surface area contributed by atoms with Crippen molar-refractivity contribution in [3.05, 3.63) is 51.2 Å². The normalized spacial score (nSPS) is 11.4. The van der Waals surface area contributed by atoms with Crippen LogP contribution < -0.4 is 10.5 Å². The van der Waals surface area contributed by atoms with E-state index in [1.54, 1.807) is 0 Å². The van der Waals surface area contributed by atoms with Crippen molar-refractivity contribution >= 4 is 48.9 Å². The largest absolute Gasteiger partial charge is 0.398 e. The molecular formula is C13H11BrClFN2O2S. The smallest absolute Gasteiger partial charge is 0.263 e. The molecule has 3 N–H and O–H groups in total. The molecule has 0 aromatic heterocycles. The van der Waals surface area contributed by atoms with Gasteiger partial charge in [-0.1, -0.05) is 17.7 Å². The second-order valence-electron chi connectivity index (χ2n) is 4.33. The molecule has 0 spiro atoms. The highest BCUT2D eigenvalue weighted by Crippen LogP contribution is 2.33. The second-order valence-corrected chi connectivity index (χ2v) is 7.21. The number of anilines is 2. The summed E-state index contributed by atoms with van der Waals surface area (Å²) in [5, 5.41) is 0.187. The highest BCUT2D eigenvalue weighted by Gasteiger charge is 2.21. The van der Waals surface area contributed by atoms with Crippen LogP contribution in [0.3, 0.4) is 0 Å². The van der Waals surface area contributed by atoms with Crippen LogP contribution in [-0.4, -0.2) is 8.42 Å². The van der Waals surface area contributed by atoms with Gasteiger partial charge in [0.25, 0.3) is 10.0 Å². The minimum atomic E-state index is -3.96. The molecule has 0 atom stereocenters. The van der Waals surface area contributed by atoms with E-state index in [0.29, 0.717) is 0 Å². The predicted molar refractivity (Wildman–Crippen MR) is 85.5 cm³/mol. The SMILES string of the molecule is Cc1c(F)cccc1NS(=O)(=O)c1cc(Cl)cc(N)c1Br. The van der Waals surface area contributed by atoms with E-state index in [2.05, 4.69) is 20.7 Å². The summed E-state index contributed by atoms with van der Waals surface area (Å²) < 4.78 is 40.8. The Morgan fingerprint density at radius 1 is 1.33 bits per heavy atom. The minimum Gasteiger partial charge on any atom is -0.398 e. The van der Waals surface area contributed by atoms with E-state index >= 15 is 0 Å². The van der Waals surface area contributed by atoms with Gasteiger partial charge in [-0.3, -0.25) is 4.72 Å². The Morgan fingerprint density at radius 3 is 2.67 bits per heavy atom. The maximum atomic E-state index is 13.5. The van der Waals surface area contributed by atoms with E-state index in [1.165, 1.54) is 37.3 Å². The van der Waals surface area contributed by atoms with E-state index in [1.807, 2.05) is 0 Å². The minimum absolute atomic E-state index is 0.115. The second kappa shape index (κ2) is 5.82. The molecule has 0 heterocycles. The Morgan fingerprint density at radius 2 is 2.00 bits per heavy atom. The van der Waals surface area contributed by atoms with Crippen molar-refractivity contribution in [2.24, 2.45) is 0 Å². The molecule has 0 unspecified atom stereocenters. The van der Waals surface area contributed by atoms with Gasteiger partial charge in [0.1, 0.15) is 10.7 Å². The Kier molecular flexibility index (Phi) is 4.46. The van der Waals surface area contributed by atoms with Crippen molar-refractivity contribution in [1.29, 1.82) is 0 Å². The van der Waals surface area contributed by atoms with Crippen molar-refractivity contribution in [3.63, 3.8) is 0 Å². The lowest BCUT2D eigenvalue weighted by molar-refractivity contribution is 0.600. The van der Waals surface area contributed by atoms with Crippen LogP contribution in [0.15, 0.2) is 39.7 Å². The van der Waals surface area contributed by atoms with E-state index < -0.39 is 15.8 Å². The van der Waals surface area contributed by atoms with Gasteiger partial charge in [0.05, 0.1) is 10.2 Å². The quantitative estimate of drug-likeness (QED) is 0.776. The molecule has 2 aromatic carbocycles. The molecular weight excluding hydrogens is 383 g/mol. The number of sulfonamides is 1. The van der Waals surface area contributed by atoms with E-state index in [0.717, 1.165) is 0 Å². The number of nitrogens with two attached hydrogens (primary N) is 1. The summed E-state index contributed by atoms with van der Waals surface area (Å²) in [7, 11) is -3.96. The van der Waals surface area contributed by atoms with Gasteiger partial charge in [-0.25, -0.2) is 12.8 Å². The Hall–Kier alpha value is -1.31. The maximum Gasteiger partial charge on any atom is 0.263 e. The third-order valence-corrected chi connectivity index (χ3v) is 5.59. The van der Waals surface area contributed by atoms with Crippen molar-refractivity contribution in [1.82, 2.24) is 0 Å². The van der Waals surface area contributed by atoms with Gasteiger partial charge in [-0.2, -0.15) is 0 Å². The molecule has 0 radical (unpaired) electrons. The van der Waals surface area contributed by atoms with Gasteiger partial charge in [-0.15, -0.1) is 0 Å². The van der Waals surface area contributed by atoms with Crippen LogP contribution in [0.2, 0.25) is 5.02 Å². The molecule has 2 rings (SSSR count). The number of hydrogen-bond donors (Lipinski definition) is 2. The van der Waals surface area contributed by atoms with Crippen LogP contribution >= 0.6 is 27.5 Å². The number of hydrogen-bond acceptors (Lipinski definition) is 3. The number of nitrogen functional groups attached to an aromatic ring is 1. The molecule has 0 aliphatic heterocycles. The lowest BCUT2D eigenvalue weighted by Gasteiger charge is -2.13. The highest BCUT2D eigenvalue weighted by molar-refractivity contribution is 9.10. The average molecular weight is 394 g/mol. The van der Waals surface area contributed by atoms with Crippen molar-refractivity contribution in [2.45, 2.75) is 11.8 Å². The molecule has 112 valence electrons. The number of halogens is 3. The van der Waals surface area contributed by atoms with Crippen LogP contribution in [0.4, 0.5) is 15.8 Å². The fourth-order valence-electron chi connectivity index (χ4n) is 1.70. The van der Waals surface area contributed by atoms with Crippen LogP contribution in [0.5, 0.6) is 0 Å². The summed E-state index contributed by atoms with van der Waals surface area (Å²) in [6.45, 7) is 1.48. The molecule has 4 nitrogen and oxygen atoms in total. The lowest BCUT2D eigenvalue weighted by Crippen LogP contribution is -2.15. The molecule has 21 heavy (non-hydrogen) atoms. The molecule has 0 bridgehead atoms. The predicted octanol–water partition coefficient (Wildman–Crippen LogP) is 3.93. The molecule has 0 saturated heterocycles. The fourth-order valence-corrected chi connectivity index (χ4v) is 4.11. The standard InChI is InChI=1S/C13H11BrClFN2O2S/c1-7-9(16)3-2-4-11(7)18-21(19,20)12-6-8(15)5-10(17)13(12)14/h2-6,18H,17H2,1H3. The third kappa shape index (κ3) is 3.30. The zero-order valence-electron chi connectivity index (χ0n) is 10.8. The lowest BCUT2D eigenvalue weighted by atomic mass is 10.2. The summed E-state index contributed by atoms with van der Waals surface area (Å²) in [4.78, 5) is -0.115. The van der Waals surface area contributed by atoms with Gasteiger partial charge in [0.15, 0.2) is 0 Å². The van der Waals surface area contributed by atoms with E-state index in [-0.39, 0.29) is 31.3 Å². The molecule has 8 heteroatoms. The van der Waals surface area contributed by atoms with Crippen LogP contribution in [-0.2, 0) is 10.0 Å². The Labute approximate surface area is 135 Å². The zero-order valence-corrected chi connectivity index (χ0v) is 14.0. The number of nitrogens with one attached hydrogen (secondary N) is 1. The van der Waals surface area contributed by atoms with Crippen LogP contribution in [0, 0.1) is 12.7 Å². The topological polar surface area (TPSA) is 72.2 Å². The third-order valence-electron chi connectivity index (χ3n) is 2.83. The van der Waals surface area contributed by atoms with E-state index in [9.17, 15) is 12.8 Å². The monoisotopic (exact) mass is 392 g/mol. The first-order chi connectivity index (χ1) is 9.72. The van der Waals surface area contributed by atoms with Crippen molar-refractivity contribution in [3.8, 4) is 0 Å². The first-order valence-corrected chi connectivity index (χ1v) is 8.40. The summed E-state index contributed by atoms with van der Waals surface area (Å²) >= 11 is 8.95. The zero-order chi connectivity index (χ0) is 15.8. The first-order valence-electron chi connectivity index (χ1n) is 5.75. The molecule has 0 amide bonds. The van der Waals surface area contributed by atoms with Gasteiger partial charge >= 0.3 is 0 Å². The molecule has 0 aliphatic rings. The van der Waals surface area contributed by atoms with Crippen LogP contribution in [0.1, 0.15) is 5.56 Å². The van der Waals surface area contributed by atoms with Gasteiger partial charge in [0.2, 0.25) is 0 Å². The summed E-state index contributed by atoms with van der Waals surface area (Å²) in [5.74, 6) is -0.500. The molecule has 2 aromatic rings. The Balaban J connectivity index is 2.51. The highest BCUT2D eigenvalue weighted by atomic mass is 79.9. The average Bonchev–Trinajstić information content (AvgIpc) is 2.39. The Bertz CT molecular complexity index is 812. The summed E-state index contributed by atoms with van der Waals surface area (Å²) in [6, 6.07) is 6.83. The molecule has 0 saturated carbocycles. The van der Waals surface area contributed by atoms with Gasteiger partial charge in [0, 0.05) is 16.3 Å². The van der Waals surface area contributed by atoms with Gasteiger partial charge in [-0.05, 0) is 47.1 Å². The van der Waals surface area contributed by atoms with Crippen LogP contribution in [0.25, 0.3) is 0 Å². The van der Waals surface area contributed by atoms with Crippen molar-refractivity contribution < 1.29 is 12.8 Å². The summed E-state index contributed by atoms with van der Waals surface area (Å²) in [5.41, 5.74) is 6.23.